The molecule has 0 aliphatic rings. The van der Waals surface area contributed by atoms with E-state index < -0.39 is 33.3 Å². The molecule has 90 valence electrons. The SMILES string of the molecule is COc1ccc([B-](F)(F)F)cc1S(=O)(=O)F.[K+]. The Kier molecular flexibility index (Phi) is 6.16. The molecule has 1 rings (SSSR count). The van der Waals surface area contributed by atoms with Gasteiger partial charge in [0.2, 0.25) is 0 Å². The molecule has 1 aromatic rings. The fraction of sp³-hybridized carbons (Fsp3) is 0.143. The van der Waals surface area contributed by atoms with Gasteiger partial charge in [-0.3, -0.25) is 0 Å². The summed E-state index contributed by atoms with van der Waals surface area (Å²) in [5, 5.41) is 0. The van der Waals surface area contributed by atoms with E-state index in [9.17, 15) is 25.3 Å². The number of hydrogen-bond acceptors (Lipinski definition) is 3. The summed E-state index contributed by atoms with van der Waals surface area (Å²) in [5.74, 6) is -0.466. The molecule has 0 amide bonds. The van der Waals surface area contributed by atoms with Crippen molar-refractivity contribution in [2.75, 3.05) is 7.11 Å². The summed E-state index contributed by atoms with van der Waals surface area (Å²) in [6, 6.07) is 1.61. The van der Waals surface area contributed by atoms with Crippen LogP contribution in [0.3, 0.4) is 0 Å². The molecule has 0 aliphatic heterocycles. The number of rotatable bonds is 3. The molecule has 0 fully saturated rings. The van der Waals surface area contributed by atoms with E-state index in [1.165, 1.54) is 0 Å². The van der Waals surface area contributed by atoms with Crippen molar-refractivity contribution in [3.8, 4) is 5.75 Å². The van der Waals surface area contributed by atoms with Crippen molar-refractivity contribution in [3.05, 3.63) is 18.2 Å². The van der Waals surface area contributed by atoms with Crippen molar-refractivity contribution >= 4 is 22.7 Å². The zero-order valence-corrected chi connectivity index (χ0v) is 12.9. The summed E-state index contributed by atoms with van der Waals surface area (Å²) in [5.41, 5.74) is -1.20. The van der Waals surface area contributed by atoms with E-state index in [-0.39, 0.29) is 57.5 Å². The van der Waals surface area contributed by atoms with Gasteiger partial charge in [-0.25, -0.2) is 0 Å². The molecule has 0 spiro atoms. The molecule has 10 heteroatoms. The molecule has 0 radical (unpaired) electrons. The van der Waals surface area contributed by atoms with Crippen LogP contribution in [0.5, 0.6) is 5.75 Å². The second-order valence-electron chi connectivity index (χ2n) is 2.92. The standard InChI is InChI=1S/C7H6BF4O3S.K/c1-15-6-3-2-5(8(9,10)11)4-7(6)16(12,13)14;/h2-4H,1H3;/q-1;+1. The molecule has 3 nitrogen and oxygen atoms in total. The van der Waals surface area contributed by atoms with Crippen molar-refractivity contribution in [1.82, 2.24) is 0 Å². The third kappa shape index (κ3) is 4.52. The molecule has 0 N–H and O–H groups in total. The Morgan fingerprint density at radius 3 is 2.12 bits per heavy atom. The molecule has 0 unspecified atom stereocenters. The molecule has 17 heavy (non-hydrogen) atoms. The van der Waals surface area contributed by atoms with Crippen molar-refractivity contribution in [3.63, 3.8) is 0 Å². The van der Waals surface area contributed by atoms with E-state index >= 15 is 0 Å². The second-order valence-corrected chi connectivity index (χ2v) is 4.24. The minimum absolute atomic E-state index is 0. The first kappa shape index (κ1) is 17.4. The molecule has 0 atom stereocenters. The van der Waals surface area contributed by atoms with Crippen LogP contribution in [0.2, 0.25) is 0 Å². The third-order valence-corrected chi connectivity index (χ3v) is 2.67. The van der Waals surface area contributed by atoms with E-state index in [0.29, 0.717) is 6.07 Å². The Hall–Kier alpha value is 0.391. The van der Waals surface area contributed by atoms with E-state index in [2.05, 4.69) is 4.74 Å². The monoisotopic (exact) mass is 296 g/mol. The van der Waals surface area contributed by atoms with E-state index in [1.807, 2.05) is 0 Å². The van der Waals surface area contributed by atoms with Gasteiger partial charge in [0.05, 0.1) is 7.11 Å². The largest absolute Gasteiger partial charge is 1.00 e. The maximum absolute atomic E-state index is 12.7. The van der Waals surface area contributed by atoms with Crippen LogP contribution in [0, 0.1) is 0 Å². The topological polar surface area (TPSA) is 43.4 Å². The Bertz CT molecular complexity index is 502. The number of benzene rings is 1. The third-order valence-electron chi connectivity index (χ3n) is 1.83. The van der Waals surface area contributed by atoms with Gasteiger partial charge in [-0.05, 0) is 6.07 Å². The second kappa shape index (κ2) is 6.02. The molecule has 0 aromatic heterocycles. The van der Waals surface area contributed by atoms with Crippen LogP contribution in [0.15, 0.2) is 23.1 Å². The summed E-state index contributed by atoms with van der Waals surface area (Å²) >= 11 is 0. The Morgan fingerprint density at radius 1 is 1.24 bits per heavy atom. The number of methoxy groups -OCH3 is 1. The summed E-state index contributed by atoms with van der Waals surface area (Å²) in [4.78, 5) is -1.12. The first-order valence-electron chi connectivity index (χ1n) is 3.99. The van der Waals surface area contributed by atoms with Gasteiger partial charge < -0.3 is 17.7 Å². The van der Waals surface area contributed by atoms with Crippen LogP contribution in [-0.2, 0) is 10.2 Å². The molecule has 0 bridgehead atoms. The van der Waals surface area contributed by atoms with Gasteiger partial charge in [0.15, 0.2) is 0 Å². The van der Waals surface area contributed by atoms with Crippen molar-refractivity contribution in [2.24, 2.45) is 0 Å². The molecule has 0 saturated heterocycles. The van der Waals surface area contributed by atoms with Gasteiger partial charge in [-0.2, -0.15) is 8.42 Å². The van der Waals surface area contributed by atoms with E-state index in [1.54, 1.807) is 0 Å². The maximum atomic E-state index is 12.7. The fourth-order valence-electron chi connectivity index (χ4n) is 1.09. The molecule has 0 aliphatic carbocycles. The van der Waals surface area contributed by atoms with E-state index in [4.69, 9.17) is 0 Å². The van der Waals surface area contributed by atoms with Gasteiger partial charge in [0.25, 0.3) is 0 Å². The molecule has 1 aromatic carbocycles. The summed E-state index contributed by atoms with van der Waals surface area (Å²) in [7, 11) is -4.21. The molecule has 0 heterocycles. The normalized spacial score (nSPS) is 11.8. The Morgan fingerprint density at radius 2 is 1.76 bits per heavy atom. The zero-order valence-electron chi connectivity index (χ0n) is 8.95. The van der Waals surface area contributed by atoms with Crippen LogP contribution < -0.4 is 61.6 Å². The van der Waals surface area contributed by atoms with Gasteiger partial charge in [0, 0.05) is 0 Å². The fourth-order valence-corrected chi connectivity index (χ4v) is 1.76. The minimum atomic E-state index is -5.38. The summed E-state index contributed by atoms with van der Waals surface area (Å²) in [6.45, 7) is -5.38. The van der Waals surface area contributed by atoms with Gasteiger partial charge >= 0.3 is 68.6 Å². The van der Waals surface area contributed by atoms with Crippen LogP contribution in [-0.4, -0.2) is 22.5 Å². The van der Waals surface area contributed by atoms with Crippen LogP contribution >= 0.6 is 0 Å². The van der Waals surface area contributed by atoms with Crippen LogP contribution in [0.25, 0.3) is 0 Å². The average molecular weight is 296 g/mol. The minimum Gasteiger partial charge on any atom is -0.495 e. The Balaban J connectivity index is 0.00000256. The smallest absolute Gasteiger partial charge is 0.495 e. The summed E-state index contributed by atoms with van der Waals surface area (Å²) in [6.07, 6.45) is 0. The van der Waals surface area contributed by atoms with Crippen molar-refractivity contribution in [2.45, 2.75) is 4.90 Å². The zero-order chi connectivity index (χ0) is 12.6. The number of halogens is 4. The Labute approximate surface area is 138 Å². The van der Waals surface area contributed by atoms with Gasteiger partial charge in [0.1, 0.15) is 10.6 Å². The van der Waals surface area contributed by atoms with Crippen LogP contribution in [0.1, 0.15) is 0 Å². The first-order valence-corrected chi connectivity index (χ1v) is 5.37. The molecular weight excluding hydrogens is 290 g/mol. The first-order chi connectivity index (χ1) is 7.16. The number of hydrogen-bond donors (Lipinski definition) is 0. The van der Waals surface area contributed by atoms with E-state index in [0.717, 1.165) is 13.2 Å². The maximum Gasteiger partial charge on any atom is 1.00 e. The van der Waals surface area contributed by atoms with Crippen molar-refractivity contribution in [1.29, 1.82) is 0 Å². The van der Waals surface area contributed by atoms with Gasteiger partial charge in [-0.15, -0.1) is 9.35 Å². The van der Waals surface area contributed by atoms with Gasteiger partial charge in [-0.1, -0.05) is 12.1 Å². The van der Waals surface area contributed by atoms with Crippen molar-refractivity contribution < 1.29 is 81.4 Å². The molecular formula is C7H6BF4KO3S. The number of ether oxygens (including phenoxy) is 1. The quantitative estimate of drug-likeness (QED) is 0.384. The predicted molar refractivity (Wildman–Crippen MR) is 50.0 cm³/mol. The van der Waals surface area contributed by atoms with Crippen LogP contribution in [0.4, 0.5) is 16.8 Å². The summed E-state index contributed by atoms with van der Waals surface area (Å²) < 4.78 is 75.2. The average Bonchev–Trinajstić information content (AvgIpc) is 2.14. The predicted octanol–water partition coefficient (Wildman–Crippen LogP) is -1.59. The molecule has 0 saturated carbocycles.